The summed E-state index contributed by atoms with van der Waals surface area (Å²) in [5, 5.41) is 6.77. The Morgan fingerprint density at radius 1 is 0.909 bits per heavy atom. The summed E-state index contributed by atoms with van der Waals surface area (Å²) in [5.74, 6) is -0.520. The van der Waals surface area contributed by atoms with Crippen LogP contribution in [0.3, 0.4) is 0 Å². The molecule has 1 N–H and O–H groups in total. The molecule has 4 aromatic rings. The zero-order valence-corrected chi connectivity index (χ0v) is 18.8. The monoisotopic (exact) mass is 476 g/mol. The number of halogens is 2. The van der Waals surface area contributed by atoms with Crippen LogP contribution in [-0.4, -0.2) is 18.1 Å². The van der Waals surface area contributed by atoms with Gasteiger partial charge in [-0.25, -0.2) is 10.2 Å². The molecule has 0 radical (unpaired) electrons. The zero-order chi connectivity index (χ0) is 23.2. The van der Waals surface area contributed by atoms with E-state index in [9.17, 15) is 9.59 Å². The van der Waals surface area contributed by atoms with E-state index in [4.69, 9.17) is 27.9 Å². The number of hydrazone groups is 1. The highest BCUT2D eigenvalue weighted by Crippen LogP contribution is 2.23. The largest absolute Gasteiger partial charge is 0.423 e. The van der Waals surface area contributed by atoms with Crippen molar-refractivity contribution in [1.82, 2.24) is 5.43 Å². The van der Waals surface area contributed by atoms with Gasteiger partial charge >= 0.3 is 5.97 Å². The second-order valence-electron chi connectivity index (χ2n) is 7.19. The maximum absolute atomic E-state index is 12.4. The summed E-state index contributed by atoms with van der Waals surface area (Å²) in [6, 6.07) is 25.1. The Hall–Kier alpha value is -3.67. The fourth-order valence-corrected chi connectivity index (χ4v) is 3.80. The van der Waals surface area contributed by atoms with Crippen LogP contribution in [0, 0.1) is 0 Å². The Bertz CT molecular complexity index is 1360. The van der Waals surface area contributed by atoms with Gasteiger partial charge in [-0.3, -0.25) is 4.79 Å². The van der Waals surface area contributed by atoms with Crippen molar-refractivity contribution in [3.05, 3.63) is 112 Å². The molecule has 0 aliphatic heterocycles. The molecule has 0 atom stereocenters. The van der Waals surface area contributed by atoms with Crippen LogP contribution in [0.1, 0.15) is 21.5 Å². The Kier molecular flexibility index (Phi) is 7.03. The summed E-state index contributed by atoms with van der Waals surface area (Å²) >= 11 is 11.9. The maximum atomic E-state index is 12.4. The van der Waals surface area contributed by atoms with E-state index in [0.29, 0.717) is 16.3 Å². The smallest absolute Gasteiger partial charge is 0.345 e. The highest BCUT2D eigenvalue weighted by molar-refractivity contribution is 6.36. The second-order valence-corrected chi connectivity index (χ2v) is 8.04. The second kappa shape index (κ2) is 10.3. The molecule has 0 heterocycles. The van der Waals surface area contributed by atoms with Gasteiger partial charge in [0.15, 0.2) is 0 Å². The summed E-state index contributed by atoms with van der Waals surface area (Å²) in [4.78, 5) is 24.7. The van der Waals surface area contributed by atoms with Crippen LogP contribution in [0.15, 0.2) is 90.0 Å². The predicted molar refractivity (Wildman–Crippen MR) is 131 cm³/mol. The van der Waals surface area contributed by atoms with Crippen LogP contribution in [0.5, 0.6) is 5.75 Å². The van der Waals surface area contributed by atoms with Crippen molar-refractivity contribution in [2.24, 2.45) is 5.10 Å². The first-order chi connectivity index (χ1) is 16.0. The van der Waals surface area contributed by atoms with Gasteiger partial charge in [0.2, 0.25) is 5.91 Å². The van der Waals surface area contributed by atoms with Gasteiger partial charge in [0.25, 0.3) is 0 Å². The van der Waals surface area contributed by atoms with Gasteiger partial charge in [-0.15, -0.1) is 0 Å². The fraction of sp³-hybridized carbons (Fsp3) is 0.0385. The molecule has 0 saturated carbocycles. The predicted octanol–water partition coefficient (Wildman–Crippen LogP) is 6.06. The topological polar surface area (TPSA) is 67.8 Å². The number of rotatable bonds is 6. The Balaban J connectivity index is 1.38. The standard InChI is InChI=1S/C26H18Cl2N2O3/c27-20-11-12-23(24(28)15-20)26(32)33-21-9-3-5-17(13-21)16-29-30-25(31)14-19-8-4-7-18-6-1-2-10-22(18)19/h1-13,15-16H,14H2,(H,30,31)/b29-16-. The average Bonchev–Trinajstić information content (AvgIpc) is 2.79. The number of carbonyl (C=O) groups is 2. The van der Waals surface area contributed by atoms with E-state index in [2.05, 4.69) is 10.5 Å². The molecule has 0 spiro atoms. The fourth-order valence-electron chi connectivity index (χ4n) is 3.31. The first-order valence-corrected chi connectivity index (χ1v) is 10.8. The van der Waals surface area contributed by atoms with E-state index >= 15 is 0 Å². The Labute approximate surface area is 200 Å². The van der Waals surface area contributed by atoms with Crippen molar-refractivity contribution < 1.29 is 14.3 Å². The van der Waals surface area contributed by atoms with Crippen molar-refractivity contribution in [2.75, 3.05) is 0 Å². The molecule has 0 aliphatic carbocycles. The molecule has 0 bridgehead atoms. The number of fused-ring (bicyclic) bond motifs is 1. The SMILES string of the molecule is O=C(Cc1cccc2ccccc12)N/N=C\c1cccc(OC(=O)c2ccc(Cl)cc2Cl)c1. The number of esters is 1. The van der Waals surface area contributed by atoms with Crippen molar-refractivity contribution in [1.29, 1.82) is 0 Å². The number of nitrogens with one attached hydrogen (secondary N) is 1. The number of benzene rings is 4. The van der Waals surface area contributed by atoms with Crippen LogP contribution >= 0.6 is 23.2 Å². The lowest BCUT2D eigenvalue weighted by molar-refractivity contribution is -0.120. The van der Waals surface area contributed by atoms with Gasteiger partial charge < -0.3 is 4.74 Å². The summed E-state index contributed by atoms with van der Waals surface area (Å²) < 4.78 is 5.39. The van der Waals surface area contributed by atoms with Crippen molar-refractivity contribution in [3.63, 3.8) is 0 Å². The number of amides is 1. The number of ether oxygens (including phenoxy) is 1. The summed E-state index contributed by atoms with van der Waals surface area (Å²) in [6.07, 6.45) is 1.69. The Morgan fingerprint density at radius 2 is 1.70 bits per heavy atom. The molecule has 4 rings (SSSR count). The number of hydrogen-bond acceptors (Lipinski definition) is 4. The van der Waals surface area contributed by atoms with Crippen molar-refractivity contribution >= 4 is 52.1 Å². The third kappa shape index (κ3) is 5.77. The third-order valence-electron chi connectivity index (χ3n) is 4.85. The molecule has 0 saturated heterocycles. The molecule has 0 aliphatic rings. The van der Waals surface area contributed by atoms with E-state index in [-0.39, 0.29) is 22.9 Å². The van der Waals surface area contributed by atoms with Gasteiger partial charge in [0.05, 0.1) is 23.2 Å². The van der Waals surface area contributed by atoms with Crippen LogP contribution in [0.2, 0.25) is 10.0 Å². The molecule has 0 aromatic heterocycles. The van der Waals surface area contributed by atoms with E-state index in [1.54, 1.807) is 30.3 Å². The first kappa shape index (κ1) is 22.5. The number of nitrogens with zero attached hydrogens (tertiary/aromatic N) is 1. The summed E-state index contributed by atoms with van der Waals surface area (Å²) in [7, 11) is 0. The summed E-state index contributed by atoms with van der Waals surface area (Å²) in [6.45, 7) is 0. The van der Waals surface area contributed by atoms with Crippen molar-refractivity contribution in [3.8, 4) is 5.75 Å². The Morgan fingerprint density at radius 3 is 2.55 bits per heavy atom. The summed E-state index contributed by atoms with van der Waals surface area (Å²) in [5.41, 5.74) is 4.32. The van der Waals surface area contributed by atoms with Crippen LogP contribution < -0.4 is 10.2 Å². The minimum atomic E-state index is -0.603. The molecule has 4 aromatic carbocycles. The highest BCUT2D eigenvalue weighted by atomic mass is 35.5. The molecular formula is C26H18Cl2N2O3. The average molecular weight is 477 g/mol. The lowest BCUT2D eigenvalue weighted by atomic mass is 10.0. The lowest BCUT2D eigenvalue weighted by Gasteiger charge is -2.07. The normalized spacial score (nSPS) is 11.0. The van der Waals surface area contributed by atoms with Crippen LogP contribution in [0.4, 0.5) is 0 Å². The van der Waals surface area contributed by atoms with E-state index < -0.39 is 5.97 Å². The quantitative estimate of drug-likeness (QED) is 0.159. The molecule has 33 heavy (non-hydrogen) atoms. The first-order valence-electron chi connectivity index (χ1n) is 10.1. The molecule has 5 nitrogen and oxygen atoms in total. The van der Waals surface area contributed by atoms with Gasteiger partial charge in [0, 0.05) is 5.02 Å². The highest BCUT2D eigenvalue weighted by Gasteiger charge is 2.13. The number of carbonyl (C=O) groups excluding carboxylic acids is 2. The number of hydrogen-bond donors (Lipinski definition) is 1. The van der Waals surface area contributed by atoms with Crippen molar-refractivity contribution in [2.45, 2.75) is 6.42 Å². The van der Waals surface area contributed by atoms with Crippen LogP contribution in [-0.2, 0) is 11.2 Å². The minimum absolute atomic E-state index is 0.207. The van der Waals surface area contributed by atoms with Gasteiger partial charge in [-0.2, -0.15) is 5.10 Å². The molecule has 164 valence electrons. The molecule has 7 heteroatoms. The molecule has 0 unspecified atom stereocenters. The molecular weight excluding hydrogens is 459 g/mol. The lowest BCUT2D eigenvalue weighted by Crippen LogP contribution is -2.19. The van der Waals surface area contributed by atoms with E-state index in [0.717, 1.165) is 16.3 Å². The minimum Gasteiger partial charge on any atom is -0.423 e. The third-order valence-corrected chi connectivity index (χ3v) is 5.40. The van der Waals surface area contributed by atoms with Gasteiger partial charge in [-0.05, 0) is 52.2 Å². The van der Waals surface area contributed by atoms with Gasteiger partial charge in [0.1, 0.15) is 5.75 Å². The molecule has 1 amide bonds. The van der Waals surface area contributed by atoms with E-state index in [1.807, 2.05) is 42.5 Å². The zero-order valence-electron chi connectivity index (χ0n) is 17.3. The van der Waals surface area contributed by atoms with Crippen LogP contribution in [0.25, 0.3) is 10.8 Å². The maximum Gasteiger partial charge on any atom is 0.345 e. The molecule has 0 fully saturated rings. The van der Waals surface area contributed by atoms with Gasteiger partial charge in [-0.1, -0.05) is 77.8 Å². The van der Waals surface area contributed by atoms with E-state index in [1.165, 1.54) is 18.3 Å².